The molecule has 3 N–H and O–H groups in total. The molecule has 0 fully saturated rings. The van der Waals surface area contributed by atoms with E-state index in [2.05, 4.69) is 5.32 Å². The highest BCUT2D eigenvalue weighted by molar-refractivity contribution is 5.67. The molecule has 1 aromatic carbocycles. The van der Waals surface area contributed by atoms with Crippen LogP contribution in [0.3, 0.4) is 0 Å². The minimum Gasteiger partial charge on any atom is -0.465 e. The molecule has 27 heavy (non-hydrogen) atoms. The van der Waals surface area contributed by atoms with E-state index in [-0.39, 0.29) is 5.82 Å². The molecule has 6 heteroatoms. The summed E-state index contributed by atoms with van der Waals surface area (Å²) in [4.78, 5) is 13.2. The van der Waals surface area contributed by atoms with E-state index in [1.807, 2.05) is 48.5 Å². The van der Waals surface area contributed by atoms with Gasteiger partial charge in [0, 0.05) is 28.9 Å². The Labute approximate surface area is 162 Å². The fraction of sp³-hybridized carbons (Fsp3) is 0.667. The summed E-state index contributed by atoms with van der Waals surface area (Å²) in [5.74, 6) is -0.388. The molecule has 0 unspecified atom stereocenters. The topological polar surface area (TPSA) is 72.8 Å². The van der Waals surface area contributed by atoms with Gasteiger partial charge < -0.3 is 15.5 Å². The van der Waals surface area contributed by atoms with Crippen LogP contribution in [0.2, 0.25) is 0 Å². The largest absolute Gasteiger partial charge is 0.465 e. The van der Waals surface area contributed by atoms with Crippen molar-refractivity contribution < 1.29 is 19.4 Å². The van der Waals surface area contributed by atoms with Crippen molar-refractivity contribution in [1.82, 2.24) is 4.90 Å². The maximum atomic E-state index is 13.8. The number of nitrogens with zero attached hydrogens (tertiary/aromatic N) is 1. The molecule has 0 aliphatic carbocycles. The van der Waals surface area contributed by atoms with Crippen LogP contribution in [-0.2, 0) is 5.60 Å². The minimum absolute atomic E-state index is 0.388. The molecule has 5 nitrogen and oxygen atoms in total. The van der Waals surface area contributed by atoms with Gasteiger partial charge in [-0.05, 0) is 72.1 Å². The molecule has 0 saturated carbocycles. The molecule has 0 saturated heterocycles. The van der Waals surface area contributed by atoms with Crippen LogP contribution >= 0.6 is 0 Å². The van der Waals surface area contributed by atoms with Gasteiger partial charge in [0.15, 0.2) is 0 Å². The Bertz CT molecular complexity index is 649. The molecule has 0 atom stereocenters. The van der Waals surface area contributed by atoms with Gasteiger partial charge in [-0.25, -0.2) is 9.18 Å². The van der Waals surface area contributed by atoms with E-state index in [9.17, 15) is 19.4 Å². The first kappa shape index (κ1) is 23.2. The van der Waals surface area contributed by atoms with Crippen LogP contribution in [0.25, 0.3) is 0 Å². The number of carbonyl (C=O) groups is 1. The Kier molecular flexibility index (Phi) is 7.28. The molecular weight excluding hydrogens is 347 g/mol. The predicted molar refractivity (Wildman–Crippen MR) is 108 cm³/mol. The van der Waals surface area contributed by atoms with Crippen LogP contribution in [0.1, 0.15) is 73.3 Å². The number of aliphatic hydroxyl groups is 1. The fourth-order valence-electron chi connectivity index (χ4n) is 3.76. The van der Waals surface area contributed by atoms with Gasteiger partial charge in [-0.3, -0.25) is 4.90 Å². The van der Waals surface area contributed by atoms with E-state index in [4.69, 9.17) is 0 Å². The maximum Gasteiger partial charge on any atom is 0.408 e. The molecule has 0 bridgehead atoms. The summed E-state index contributed by atoms with van der Waals surface area (Å²) in [6.45, 7) is 13.6. The Morgan fingerprint density at radius 2 is 1.70 bits per heavy atom. The second kappa shape index (κ2) is 8.46. The second-order valence-electron chi connectivity index (χ2n) is 8.71. The molecule has 1 rings (SSSR count). The lowest BCUT2D eigenvalue weighted by Crippen LogP contribution is -2.57. The van der Waals surface area contributed by atoms with Crippen molar-refractivity contribution in [3.05, 3.63) is 29.6 Å². The Morgan fingerprint density at radius 3 is 2.15 bits per heavy atom. The van der Waals surface area contributed by atoms with E-state index in [1.165, 1.54) is 17.0 Å². The number of halogens is 1. The Balaban J connectivity index is 3.01. The summed E-state index contributed by atoms with van der Waals surface area (Å²) in [6, 6.07) is 4.37. The van der Waals surface area contributed by atoms with Gasteiger partial charge in [-0.15, -0.1) is 0 Å². The average Bonchev–Trinajstić information content (AvgIpc) is 2.53. The lowest BCUT2D eigenvalue weighted by atomic mass is 9.87. The van der Waals surface area contributed by atoms with Gasteiger partial charge in [0.1, 0.15) is 5.82 Å². The van der Waals surface area contributed by atoms with Gasteiger partial charge in [-0.2, -0.15) is 0 Å². The quantitative estimate of drug-likeness (QED) is 0.578. The Hall–Kier alpha value is -1.82. The third-order valence-electron chi connectivity index (χ3n) is 5.17. The predicted octanol–water partition coefficient (Wildman–Crippen LogP) is 5.19. The number of amides is 1. The first-order chi connectivity index (χ1) is 12.3. The van der Waals surface area contributed by atoms with Gasteiger partial charge in [0.2, 0.25) is 0 Å². The standard InChI is InChI=1S/C21H35FN2O3/c1-8-21(27,9-2)16-14-15(22)10-11-17(16)23-13-12-20(6,7)24(18(25)26)19(3,4)5/h10-11,14,23,27H,8-9,12-13H2,1-7H3,(H,25,26). The highest BCUT2D eigenvalue weighted by Gasteiger charge is 2.38. The lowest BCUT2D eigenvalue weighted by Gasteiger charge is -2.45. The number of nitrogens with one attached hydrogen (secondary N) is 1. The lowest BCUT2D eigenvalue weighted by molar-refractivity contribution is 0.0287. The summed E-state index contributed by atoms with van der Waals surface area (Å²) in [5, 5.41) is 23.7. The number of hydrogen-bond acceptors (Lipinski definition) is 3. The normalized spacial score (nSPS) is 12.8. The monoisotopic (exact) mass is 382 g/mol. The molecule has 0 aliphatic heterocycles. The zero-order valence-electron chi connectivity index (χ0n) is 17.7. The number of hydrogen-bond donors (Lipinski definition) is 3. The number of benzene rings is 1. The van der Waals surface area contributed by atoms with Crippen molar-refractivity contribution in [2.24, 2.45) is 0 Å². The molecule has 0 spiro atoms. The van der Waals surface area contributed by atoms with E-state index in [0.29, 0.717) is 37.1 Å². The van der Waals surface area contributed by atoms with E-state index >= 15 is 0 Å². The van der Waals surface area contributed by atoms with E-state index in [0.717, 1.165) is 0 Å². The van der Waals surface area contributed by atoms with Crippen molar-refractivity contribution in [2.45, 2.75) is 84.4 Å². The van der Waals surface area contributed by atoms with Crippen LogP contribution in [0, 0.1) is 5.82 Å². The van der Waals surface area contributed by atoms with Crippen molar-refractivity contribution >= 4 is 11.8 Å². The summed E-state index contributed by atoms with van der Waals surface area (Å²) in [7, 11) is 0. The van der Waals surface area contributed by atoms with E-state index < -0.39 is 22.8 Å². The number of anilines is 1. The van der Waals surface area contributed by atoms with E-state index in [1.54, 1.807) is 6.07 Å². The van der Waals surface area contributed by atoms with Crippen LogP contribution < -0.4 is 5.32 Å². The van der Waals surface area contributed by atoms with Crippen molar-refractivity contribution in [2.75, 3.05) is 11.9 Å². The third-order valence-corrected chi connectivity index (χ3v) is 5.17. The summed E-state index contributed by atoms with van der Waals surface area (Å²) in [6.07, 6.45) is 0.555. The number of carboxylic acid groups (broad SMARTS) is 1. The van der Waals surface area contributed by atoms with Crippen molar-refractivity contribution in [1.29, 1.82) is 0 Å². The molecule has 0 aromatic heterocycles. The van der Waals surface area contributed by atoms with Crippen LogP contribution in [0.5, 0.6) is 0 Å². The van der Waals surface area contributed by atoms with Gasteiger partial charge in [0.05, 0.1) is 5.60 Å². The summed E-state index contributed by atoms with van der Waals surface area (Å²) < 4.78 is 13.8. The van der Waals surface area contributed by atoms with Crippen LogP contribution in [-0.4, -0.2) is 38.8 Å². The van der Waals surface area contributed by atoms with Gasteiger partial charge in [-0.1, -0.05) is 13.8 Å². The van der Waals surface area contributed by atoms with Crippen molar-refractivity contribution in [3.63, 3.8) is 0 Å². The number of rotatable bonds is 8. The highest BCUT2D eigenvalue weighted by Crippen LogP contribution is 2.35. The van der Waals surface area contributed by atoms with Gasteiger partial charge in [0.25, 0.3) is 0 Å². The highest BCUT2D eigenvalue weighted by atomic mass is 19.1. The Morgan fingerprint density at radius 1 is 1.15 bits per heavy atom. The molecular formula is C21H35FN2O3. The van der Waals surface area contributed by atoms with Crippen molar-refractivity contribution in [3.8, 4) is 0 Å². The average molecular weight is 383 g/mol. The van der Waals surface area contributed by atoms with Crippen LogP contribution in [0.4, 0.5) is 14.9 Å². The smallest absolute Gasteiger partial charge is 0.408 e. The fourth-order valence-corrected chi connectivity index (χ4v) is 3.76. The first-order valence-electron chi connectivity index (χ1n) is 9.58. The third kappa shape index (κ3) is 5.58. The zero-order valence-corrected chi connectivity index (χ0v) is 17.7. The maximum absolute atomic E-state index is 13.8. The molecule has 0 heterocycles. The molecule has 0 aliphatic rings. The molecule has 1 aromatic rings. The SMILES string of the molecule is CCC(O)(CC)c1cc(F)ccc1NCCC(C)(C)N(C(=O)O)C(C)(C)C. The van der Waals surface area contributed by atoms with Crippen LogP contribution in [0.15, 0.2) is 18.2 Å². The molecule has 0 radical (unpaired) electrons. The summed E-state index contributed by atoms with van der Waals surface area (Å²) in [5.41, 5.74) is -1.00. The minimum atomic E-state index is -1.10. The molecule has 1 amide bonds. The zero-order chi connectivity index (χ0) is 21.0. The van der Waals surface area contributed by atoms with Gasteiger partial charge >= 0.3 is 6.09 Å². The molecule has 154 valence electrons. The summed E-state index contributed by atoms with van der Waals surface area (Å²) >= 11 is 0. The first-order valence-corrected chi connectivity index (χ1v) is 9.58. The second-order valence-corrected chi connectivity index (χ2v) is 8.71.